The van der Waals surface area contributed by atoms with Crippen molar-refractivity contribution in [3.63, 3.8) is 0 Å². The summed E-state index contributed by atoms with van der Waals surface area (Å²) in [5.41, 5.74) is 1.33. The fourth-order valence-electron chi connectivity index (χ4n) is 3.14. The van der Waals surface area contributed by atoms with Gasteiger partial charge in [-0.2, -0.15) is 4.98 Å². The highest BCUT2D eigenvalue weighted by Gasteiger charge is 2.26. The second-order valence-corrected chi connectivity index (χ2v) is 6.01. The van der Waals surface area contributed by atoms with Crippen molar-refractivity contribution >= 4 is 18.3 Å². The molecule has 1 aliphatic heterocycles. The average molecular weight is 351 g/mol. The summed E-state index contributed by atoms with van der Waals surface area (Å²) in [6.45, 7) is 4.30. The van der Waals surface area contributed by atoms with Crippen molar-refractivity contribution in [1.29, 1.82) is 0 Å². The number of rotatable bonds is 4. The molecule has 0 bridgehead atoms. The van der Waals surface area contributed by atoms with E-state index in [1.54, 1.807) is 6.92 Å². The standard InChI is InChI=1S/C17H22N4O2.ClH/c1-12-19-16(23-20-12)14-7-3-4-8-15(14)17(22)21-9-5-6-13(11-21)10-18-2;/h3-4,7-8,13,18H,5-6,9-11H2,1-2H3;1H. The van der Waals surface area contributed by atoms with E-state index in [2.05, 4.69) is 15.5 Å². The molecule has 1 aliphatic rings. The van der Waals surface area contributed by atoms with Crippen LogP contribution in [-0.4, -0.2) is 47.6 Å². The first-order valence-electron chi connectivity index (χ1n) is 8.02. The Labute approximate surface area is 148 Å². The van der Waals surface area contributed by atoms with Gasteiger partial charge in [0.2, 0.25) is 0 Å². The van der Waals surface area contributed by atoms with Crippen LogP contribution in [0.2, 0.25) is 0 Å². The number of hydrogen-bond donors (Lipinski definition) is 1. The molecule has 0 radical (unpaired) electrons. The Morgan fingerprint density at radius 2 is 2.21 bits per heavy atom. The summed E-state index contributed by atoms with van der Waals surface area (Å²) < 4.78 is 5.25. The number of piperidine rings is 1. The van der Waals surface area contributed by atoms with Gasteiger partial charge in [-0.05, 0) is 51.4 Å². The van der Waals surface area contributed by atoms with Gasteiger partial charge in [0, 0.05) is 13.1 Å². The van der Waals surface area contributed by atoms with E-state index >= 15 is 0 Å². The van der Waals surface area contributed by atoms with E-state index in [4.69, 9.17) is 4.52 Å². The van der Waals surface area contributed by atoms with E-state index < -0.39 is 0 Å². The summed E-state index contributed by atoms with van der Waals surface area (Å²) in [4.78, 5) is 19.2. The van der Waals surface area contributed by atoms with Gasteiger partial charge in [0.15, 0.2) is 5.82 Å². The molecule has 0 saturated carbocycles. The molecular weight excluding hydrogens is 328 g/mol. The highest BCUT2D eigenvalue weighted by molar-refractivity contribution is 6.00. The molecule has 0 aliphatic carbocycles. The largest absolute Gasteiger partial charge is 0.338 e. The maximum atomic E-state index is 13.0. The lowest BCUT2D eigenvalue weighted by Gasteiger charge is -2.33. The number of halogens is 1. The molecule has 1 aromatic carbocycles. The summed E-state index contributed by atoms with van der Waals surface area (Å²) in [7, 11) is 1.95. The summed E-state index contributed by atoms with van der Waals surface area (Å²) in [6.07, 6.45) is 2.20. The third-order valence-corrected chi connectivity index (χ3v) is 4.21. The van der Waals surface area contributed by atoms with E-state index in [1.807, 2.05) is 36.2 Å². The number of carbonyl (C=O) groups is 1. The van der Waals surface area contributed by atoms with Crippen molar-refractivity contribution in [1.82, 2.24) is 20.4 Å². The van der Waals surface area contributed by atoms with E-state index in [1.165, 1.54) is 0 Å². The number of nitrogens with one attached hydrogen (secondary N) is 1. The first-order valence-corrected chi connectivity index (χ1v) is 8.02. The number of nitrogens with zero attached hydrogens (tertiary/aromatic N) is 3. The van der Waals surface area contributed by atoms with Crippen LogP contribution >= 0.6 is 12.4 Å². The van der Waals surface area contributed by atoms with E-state index in [9.17, 15) is 4.79 Å². The second kappa shape index (κ2) is 8.26. The predicted octanol–water partition coefficient (Wildman–Crippen LogP) is 2.54. The van der Waals surface area contributed by atoms with Crippen LogP contribution < -0.4 is 5.32 Å². The lowest BCUT2D eigenvalue weighted by atomic mass is 9.96. The van der Waals surface area contributed by atoms with Crippen LogP contribution in [0.15, 0.2) is 28.8 Å². The molecule has 1 saturated heterocycles. The quantitative estimate of drug-likeness (QED) is 0.917. The molecule has 3 rings (SSSR count). The highest BCUT2D eigenvalue weighted by atomic mass is 35.5. The highest BCUT2D eigenvalue weighted by Crippen LogP contribution is 2.25. The molecule has 1 amide bonds. The Morgan fingerprint density at radius 3 is 2.92 bits per heavy atom. The smallest absolute Gasteiger partial charge is 0.258 e. The Kier molecular flexibility index (Phi) is 6.34. The molecule has 7 heteroatoms. The van der Waals surface area contributed by atoms with Crippen LogP contribution in [0.1, 0.15) is 29.0 Å². The van der Waals surface area contributed by atoms with E-state index in [-0.39, 0.29) is 18.3 Å². The summed E-state index contributed by atoms with van der Waals surface area (Å²) >= 11 is 0. The average Bonchev–Trinajstić information content (AvgIpc) is 3.01. The molecule has 6 nitrogen and oxygen atoms in total. The minimum absolute atomic E-state index is 0. The van der Waals surface area contributed by atoms with Gasteiger partial charge < -0.3 is 14.7 Å². The molecule has 1 atom stereocenters. The van der Waals surface area contributed by atoms with Gasteiger partial charge in [0.25, 0.3) is 11.8 Å². The maximum Gasteiger partial charge on any atom is 0.258 e. The predicted molar refractivity (Wildman–Crippen MR) is 94.3 cm³/mol. The first-order chi connectivity index (χ1) is 11.2. The zero-order valence-corrected chi connectivity index (χ0v) is 14.8. The monoisotopic (exact) mass is 350 g/mol. The minimum atomic E-state index is 0. The number of aryl methyl sites for hydroxylation is 1. The van der Waals surface area contributed by atoms with Gasteiger partial charge in [-0.25, -0.2) is 0 Å². The first kappa shape index (κ1) is 18.4. The molecule has 0 spiro atoms. The normalized spacial score (nSPS) is 17.4. The number of carbonyl (C=O) groups excluding carboxylic acids is 1. The number of amides is 1. The molecule has 24 heavy (non-hydrogen) atoms. The third-order valence-electron chi connectivity index (χ3n) is 4.21. The van der Waals surface area contributed by atoms with Crippen molar-refractivity contribution in [3.8, 4) is 11.5 Å². The zero-order chi connectivity index (χ0) is 16.2. The Balaban J connectivity index is 0.00000208. The zero-order valence-electron chi connectivity index (χ0n) is 14.0. The number of likely N-dealkylation sites (tertiary alicyclic amines) is 1. The molecule has 1 N–H and O–H groups in total. The SMILES string of the molecule is CNCC1CCCN(C(=O)c2ccccc2-c2nc(C)no2)C1.Cl. The van der Waals surface area contributed by atoms with Gasteiger partial charge in [-0.1, -0.05) is 17.3 Å². The van der Waals surface area contributed by atoms with Gasteiger partial charge in [0.1, 0.15) is 0 Å². The molecular formula is C17H23ClN4O2. The molecule has 2 aromatic rings. The van der Waals surface area contributed by atoms with Crippen LogP contribution in [0.3, 0.4) is 0 Å². The van der Waals surface area contributed by atoms with Crippen LogP contribution in [0.4, 0.5) is 0 Å². The Morgan fingerprint density at radius 1 is 1.42 bits per heavy atom. The number of hydrogen-bond acceptors (Lipinski definition) is 5. The van der Waals surface area contributed by atoms with Crippen LogP contribution in [0.5, 0.6) is 0 Å². The lowest BCUT2D eigenvalue weighted by Crippen LogP contribution is -2.42. The third kappa shape index (κ3) is 3.94. The Hall–Kier alpha value is -1.92. The molecule has 1 unspecified atom stereocenters. The lowest BCUT2D eigenvalue weighted by molar-refractivity contribution is 0.0675. The fraction of sp³-hybridized carbons (Fsp3) is 0.471. The molecule has 2 heterocycles. The van der Waals surface area contributed by atoms with Crippen LogP contribution in [0.25, 0.3) is 11.5 Å². The second-order valence-electron chi connectivity index (χ2n) is 6.01. The summed E-state index contributed by atoms with van der Waals surface area (Å²) in [6, 6.07) is 7.44. The summed E-state index contributed by atoms with van der Waals surface area (Å²) in [5, 5.41) is 7.03. The van der Waals surface area contributed by atoms with Gasteiger partial charge in [-0.15, -0.1) is 12.4 Å². The van der Waals surface area contributed by atoms with Crippen molar-refractivity contribution in [3.05, 3.63) is 35.7 Å². The van der Waals surface area contributed by atoms with Gasteiger partial charge in [-0.3, -0.25) is 4.79 Å². The molecule has 1 fully saturated rings. The number of aromatic nitrogens is 2. The molecule has 130 valence electrons. The van der Waals surface area contributed by atoms with Crippen molar-refractivity contribution in [2.24, 2.45) is 5.92 Å². The number of benzene rings is 1. The van der Waals surface area contributed by atoms with Crippen molar-refractivity contribution in [2.75, 3.05) is 26.7 Å². The Bertz CT molecular complexity index is 687. The molecule has 1 aromatic heterocycles. The van der Waals surface area contributed by atoms with Crippen molar-refractivity contribution < 1.29 is 9.32 Å². The van der Waals surface area contributed by atoms with Gasteiger partial charge >= 0.3 is 0 Å². The maximum absolute atomic E-state index is 13.0. The van der Waals surface area contributed by atoms with Crippen LogP contribution in [-0.2, 0) is 0 Å². The summed E-state index contributed by atoms with van der Waals surface area (Å²) in [5.74, 6) is 1.51. The fourth-order valence-corrected chi connectivity index (χ4v) is 3.14. The topological polar surface area (TPSA) is 71.3 Å². The minimum Gasteiger partial charge on any atom is -0.338 e. The van der Waals surface area contributed by atoms with E-state index in [0.29, 0.717) is 28.8 Å². The van der Waals surface area contributed by atoms with Crippen molar-refractivity contribution in [2.45, 2.75) is 19.8 Å². The van der Waals surface area contributed by atoms with E-state index in [0.717, 1.165) is 32.5 Å². The van der Waals surface area contributed by atoms with Gasteiger partial charge in [0.05, 0.1) is 11.1 Å². The van der Waals surface area contributed by atoms with Crippen LogP contribution in [0, 0.1) is 12.8 Å².